The van der Waals surface area contributed by atoms with Gasteiger partial charge in [0.15, 0.2) is 5.60 Å². The first-order valence-electron chi connectivity index (χ1n) is 6.53. The molecule has 4 heteroatoms. The van der Waals surface area contributed by atoms with Crippen molar-refractivity contribution in [2.75, 3.05) is 11.4 Å². The SMILES string of the molecule is C=CCN1C(=O)C(CC)(CC)Oc2ccc(O)cc21. The highest BCUT2D eigenvalue weighted by molar-refractivity contribution is 6.03. The Morgan fingerprint density at radius 2 is 2.11 bits per heavy atom. The molecule has 1 aliphatic heterocycles. The summed E-state index contributed by atoms with van der Waals surface area (Å²) in [6, 6.07) is 4.82. The molecule has 1 aromatic carbocycles. The van der Waals surface area contributed by atoms with Gasteiger partial charge in [-0.2, -0.15) is 0 Å². The van der Waals surface area contributed by atoms with Crippen molar-refractivity contribution in [2.24, 2.45) is 0 Å². The Morgan fingerprint density at radius 1 is 1.42 bits per heavy atom. The topological polar surface area (TPSA) is 49.8 Å². The number of anilines is 1. The number of hydrogen-bond acceptors (Lipinski definition) is 3. The quantitative estimate of drug-likeness (QED) is 0.848. The number of aromatic hydroxyl groups is 1. The van der Waals surface area contributed by atoms with Crippen molar-refractivity contribution in [2.45, 2.75) is 32.3 Å². The molecule has 2 rings (SSSR count). The normalized spacial score (nSPS) is 16.7. The predicted molar refractivity (Wildman–Crippen MR) is 74.6 cm³/mol. The van der Waals surface area contributed by atoms with Gasteiger partial charge in [-0.05, 0) is 25.0 Å². The van der Waals surface area contributed by atoms with Gasteiger partial charge in [0.25, 0.3) is 5.91 Å². The first-order valence-corrected chi connectivity index (χ1v) is 6.53. The van der Waals surface area contributed by atoms with Crippen LogP contribution in [0.4, 0.5) is 5.69 Å². The Balaban J connectivity index is 2.55. The van der Waals surface area contributed by atoms with Crippen LogP contribution >= 0.6 is 0 Å². The molecule has 102 valence electrons. The van der Waals surface area contributed by atoms with Gasteiger partial charge < -0.3 is 14.7 Å². The number of carbonyl (C=O) groups is 1. The third kappa shape index (κ3) is 2.07. The second kappa shape index (κ2) is 4.96. The minimum Gasteiger partial charge on any atom is -0.508 e. The second-order valence-corrected chi connectivity index (χ2v) is 4.66. The van der Waals surface area contributed by atoms with Crippen LogP contribution in [0.15, 0.2) is 30.9 Å². The molecule has 0 bridgehead atoms. The maximum atomic E-state index is 12.6. The Bertz CT molecular complexity index is 506. The third-order valence-electron chi connectivity index (χ3n) is 3.63. The maximum absolute atomic E-state index is 12.6. The number of nitrogens with zero attached hydrogens (tertiary/aromatic N) is 1. The van der Waals surface area contributed by atoms with Gasteiger partial charge >= 0.3 is 0 Å². The maximum Gasteiger partial charge on any atom is 0.271 e. The van der Waals surface area contributed by atoms with Gasteiger partial charge in [-0.15, -0.1) is 6.58 Å². The summed E-state index contributed by atoms with van der Waals surface area (Å²) < 4.78 is 5.93. The fraction of sp³-hybridized carbons (Fsp3) is 0.400. The van der Waals surface area contributed by atoms with E-state index in [9.17, 15) is 9.90 Å². The van der Waals surface area contributed by atoms with Gasteiger partial charge in [-0.3, -0.25) is 4.79 Å². The number of benzene rings is 1. The van der Waals surface area contributed by atoms with E-state index in [1.807, 2.05) is 13.8 Å². The predicted octanol–water partition coefficient (Wildman–Crippen LogP) is 2.86. The number of amides is 1. The third-order valence-corrected chi connectivity index (χ3v) is 3.63. The highest BCUT2D eigenvalue weighted by Gasteiger charge is 2.45. The van der Waals surface area contributed by atoms with Crippen molar-refractivity contribution in [3.63, 3.8) is 0 Å². The van der Waals surface area contributed by atoms with Crippen molar-refractivity contribution in [1.29, 1.82) is 0 Å². The Hall–Kier alpha value is -1.97. The molecule has 0 aromatic heterocycles. The molecule has 0 spiro atoms. The molecule has 0 radical (unpaired) electrons. The fourth-order valence-corrected chi connectivity index (χ4v) is 2.42. The molecular weight excluding hydrogens is 242 g/mol. The first kappa shape index (κ1) is 13.5. The average molecular weight is 261 g/mol. The minimum absolute atomic E-state index is 0.0736. The summed E-state index contributed by atoms with van der Waals surface area (Å²) in [6.07, 6.45) is 2.89. The number of rotatable bonds is 4. The van der Waals surface area contributed by atoms with Gasteiger partial charge in [-0.1, -0.05) is 19.9 Å². The minimum atomic E-state index is -0.813. The van der Waals surface area contributed by atoms with E-state index in [1.165, 1.54) is 0 Å². The standard InChI is InChI=1S/C15H19NO3/c1-4-9-16-12-10-11(17)7-8-13(12)19-15(5-2,6-3)14(16)18/h4,7-8,10,17H,1,5-6,9H2,2-3H3. The van der Waals surface area contributed by atoms with E-state index in [0.29, 0.717) is 30.8 Å². The molecular formula is C15H19NO3. The molecule has 0 unspecified atom stereocenters. The van der Waals surface area contributed by atoms with Crippen molar-refractivity contribution in [3.8, 4) is 11.5 Å². The molecule has 0 saturated heterocycles. The summed E-state index contributed by atoms with van der Waals surface area (Å²) in [5, 5.41) is 9.59. The van der Waals surface area contributed by atoms with Crippen LogP contribution in [0.3, 0.4) is 0 Å². The van der Waals surface area contributed by atoms with Crippen LogP contribution in [-0.2, 0) is 4.79 Å². The number of carbonyl (C=O) groups excluding carboxylic acids is 1. The lowest BCUT2D eigenvalue weighted by Crippen LogP contribution is -2.55. The second-order valence-electron chi connectivity index (χ2n) is 4.66. The van der Waals surface area contributed by atoms with Crippen molar-refractivity contribution in [3.05, 3.63) is 30.9 Å². The van der Waals surface area contributed by atoms with Gasteiger partial charge in [0, 0.05) is 12.6 Å². The van der Waals surface area contributed by atoms with Crippen LogP contribution in [0, 0.1) is 0 Å². The molecule has 0 atom stereocenters. The number of fused-ring (bicyclic) bond motifs is 1. The number of ether oxygens (including phenoxy) is 1. The lowest BCUT2D eigenvalue weighted by Gasteiger charge is -2.41. The lowest BCUT2D eigenvalue weighted by atomic mass is 9.92. The van der Waals surface area contributed by atoms with Crippen LogP contribution in [0.2, 0.25) is 0 Å². The largest absolute Gasteiger partial charge is 0.508 e. The number of phenolic OH excluding ortho intramolecular Hbond substituents is 1. The highest BCUT2D eigenvalue weighted by atomic mass is 16.5. The van der Waals surface area contributed by atoms with E-state index < -0.39 is 5.60 Å². The number of phenols is 1. The lowest BCUT2D eigenvalue weighted by molar-refractivity contribution is -0.136. The molecule has 1 heterocycles. The van der Waals surface area contributed by atoms with E-state index in [-0.39, 0.29) is 11.7 Å². The van der Waals surface area contributed by atoms with Crippen molar-refractivity contribution >= 4 is 11.6 Å². The zero-order chi connectivity index (χ0) is 14.0. The zero-order valence-electron chi connectivity index (χ0n) is 11.3. The smallest absolute Gasteiger partial charge is 0.271 e. The van der Waals surface area contributed by atoms with E-state index in [4.69, 9.17) is 4.74 Å². The molecule has 19 heavy (non-hydrogen) atoms. The van der Waals surface area contributed by atoms with Gasteiger partial charge in [0.1, 0.15) is 11.5 Å². The molecule has 0 saturated carbocycles. The summed E-state index contributed by atoms with van der Waals surface area (Å²) in [5.74, 6) is 0.670. The van der Waals surface area contributed by atoms with Crippen LogP contribution in [-0.4, -0.2) is 23.2 Å². The van der Waals surface area contributed by atoms with Crippen LogP contribution in [0.25, 0.3) is 0 Å². The molecule has 1 aliphatic rings. The molecule has 1 aromatic rings. The van der Waals surface area contributed by atoms with Gasteiger partial charge in [0.05, 0.1) is 5.69 Å². The first-order chi connectivity index (χ1) is 9.07. The van der Waals surface area contributed by atoms with Crippen molar-refractivity contribution in [1.82, 2.24) is 0 Å². The van der Waals surface area contributed by atoms with Crippen molar-refractivity contribution < 1.29 is 14.6 Å². The van der Waals surface area contributed by atoms with E-state index >= 15 is 0 Å². The van der Waals surface area contributed by atoms with Crippen LogP contribution < -0.4 is 9.64 Å². The zero-order valence-corrected chi connectivity index (χ0v) is 11.3. The van der Waals surface area contributed by atoms with Crippen LogP contribution in [0.5, 0.6) is 11.5 Å². The summed E-state index contributed by atoms with van der Waals surface area (Å²) in [7, 11) is 0. The molecule has 1 amide bonds. The Morgan fingerprint density at radius 3 is 2.68 bits per heavy atom. The Labute approximate surface area is 113 Å². The average Bonchev–Trinajstić information content (AvgIpc) is 2.42. The van der Waals surface area contributed by atoms with Gasteiger partial charge in [-0.25, -0.2) is 0 Å². The summed E-state index contributed by atoms with van der Waals surface area (Å²) in [5.41, 5.74) is -0.213. The fourth-order valence-electron chi connectivity index (χ4n) is 2.42. The number of hydrogen-bond donors (Lipinski definition) is 1. The molecule has 1 N–H and O–H groups in total. The van der Waals surface area contributed by atoms with Gasteiger partial charge in [0.2, 0.25) is 0 Å². The summed E-state index contributed by atoms with van der Waals surface area (Å²) >= 11 is 0. The molecule has 0 fully saturated rings. The molecule has 4 nitrogen and oxygen atoms in total. The summed E-state index contributed by atoms with van der Waals surface area (Å²) in [6.45, 7) is 7.98. The van der Waals surface area contributed by atoms with E-state index in [0.717, 1.165) is 0 Å². The van der Waals surface area contributed by atoms with E-state index in [1.54, 1.807) is 29.2 Å². The van der Waals surface area contributed by atoms with Crippen LogP contribution in [0.1, 0.15) is 26.7 Å². The molecule has 0 aliphatic carbocycles. The summed E-state index contributed by atoms with van der Waals surface area (Å²) in [4.78, 5) is 14.3. The monoisotopic (exact) mass is 261 g/mol. The Kier molecular flexibility index (Phi) is 3.51. The van der Waals surface area contributed by atoms with E-state index in [2.05, 4.69) is 6.58 Å². The highest BCUT2D eigenvalue weighted by Crippen LogP contribution is 2.42.